The number of sulfonamides is 1. The molecule has 0 spiro atoms. The molecule has 1 aromatic rings. The van der Waals surface area contributed by atoms with E-state index in [9.17, 15) is 8.42 Å². The summed E-state index contributed by atoms with van der Waals surface area (Å²) in [5.41, 5.74) is 5.81. The van der Waals surface area contributed by atoms with Crippen LogP contribution in [0.4, 0.5) is 5.82 Å². The van der Waals surface area contributed by atoms with Crippen LogP contribution in [0.2, 0.25) is 0 Å². The zero-order chi connectivity index (χ0) is 15.0. The van der Waals surface area contributed by atoms with Gasteiger partial charge < -0.3 is 10.5 Å². The van der Waals surface area contributed by atoms with E-state index in [2.05, 4.69) is 5.10 Å². The lowest BCUT2D eigenvalue weighted by Gasteiger charge is -2.42. The zero-order valence-electron chi connectivity index (χ0n) is 12.2. The number of hydrogen-bond donors (Lipinski definition) is 1. The minimum atomic E-state index is -3.61. The minimum Gasteiger partial charge on any atom is -0.381 e. The topological polar surface area (TPSA) is 90.5 Å². The van der Waals surface area contributed by atoms with Crippen molar-refractivity contribution < 1.29 is 13.2 Å². The predicted octanol–water partition coefficient (Wildman–Crippen LogP) is 0.817. The SMILES string of the molecule is CCn1cc(S(=O)(=O)N2CCOC3CCCCC32)c(N)n1. The molecule has 0 aromatic carbocycles. The van der Waals surface area contributed by atoms with Gasteiger partial charge in [-0.2, -0.15) is 9.40 Å². The molecule has 118 valence electrons. The van der Waals surface area contributed by atoms with E-state index in [4.69, 9.17) is 10.5 Å². The van der Waals surface area contributed by atoms with Crippen molar-refractivity contribution in [2.24, 2.45) is 0 Å². The van der Waals surface area contributed by atoms with Gasteiger partial charge in [-0.3, -0.25) is 4.68 Å². The summed E-state index contributed by atoms with van der Waals surface area (Å²) >= 11 is 0. The van der Waals surface area contributed by atoms with E-state index in [1.54, 1.807) is 8.99 Å². The van der Waals surface area contributed by atoms with Crippen LogP contribution in [-0.4, -0.2) is 47.8 Å². The Morgan fingerprint density at radius 2 is 2.19 bits per heavy atom. The summed E-state index contributed by atoms with van der Waals surface area (Å²) in [5.74, 6) is 0.0794. The number of morpholine rings is 1. The Hall–Kier alpha value is -1.12. The normalized spacial score (nSPS) is 27.5. The molecule has 2 atom stereocenters. The quantitative estimate of drug-likeness (QED) is 0.892. The summed E-state index contributed by atoms with van der Waals surface area (Å²) in [6, 6.07) is -0.0677. The Labute approximate surface area is 125 Å². The lowest BCUT2D eigenvalue weighted by Crippen LogP contribution is -2.54. The highest BCUT2D eigenvalue weighted by Gasteiger charge is 2.42. The summed E-state index contributed by atoms with van der Waals surface area (Å²) in [5, 5.41) is 4.05. The van der Waals surface area contributed by atoms with Crippen molar-refractivity contribution in [2.75, 3.05) is 18.9 Å². The number of aromatic nitrogens is 2. The van der Waals surface area contributed by atoms with E-state index < -0.39 is 10.0 Å². The van der Waals surface area contributed by atoms with E-state index in [1.807, 2.05) is 6.92 Å². The molecule has 1 saturated carbocycles. The first-order valence-corrected chi connectivity index (χ1v) is 8.94. The molecule has 3 rings (SSSR count). The fourth-order valence-corrected chi connectivity index (χ4v) is 4.99. The van der Waals surface area contributed by atoms with Crippen LogP contribution in [0.15, 0.2) is 11.1 Å². The highest BCUT2D eigenvalue weighted by Crippen LogP contribution is 2.33. The lowest BCUT2D eigenvalue weighted by atomic mass is 9.91. The number of nitrogen functional groups attached to an aromatic ring is 1. The third kappa shape index (κ3) is 2.56. The second kappa shape index (κ2) is 5.58. The van der Waals surface area contributed by atoms with Gasteiger partial charge in [0.05, 0.1) is 18.8 Å². The molecule has 21 heavy (non-hydrogen) atoms. The fraction of sp³-hybridized carbons (Fsp3) is 0.769. The van der Waals surface area contributed by atoms with Crippen molar-refractivity contribution in [2.45, 2.75) is 56.2 Å². The maximum absolute atomic E-state index is 12.9. The van der Waals surface area contributed by atoms with E-state index in [1.165, 1.54) is 6.20 Å². The van der Waals surface area contributed by atoms with Crippen LogP contribution in [0.3, 0.4) is 0 Å². The molecule has 2 unspecified atom stereocenters. The number of nitrogens with two attached hydrogens (primary N) is 1. The van der Waals surface area contributed by atoms with Crippen LogP contribution in [-0.2, 0) is 21.3 Å². The van der Waals surface area contributed by atoms with Gasteiger partial charge in [-0.1, -0.05) is 12.8 Å². The second-order valence-corrected chi connectivity index (χ2v) is 7.47. The van der Waals surface area contributed by atoms with Gasteiger partial charge in [0.1, 0.15) is 4.90 Å². The molecule has 1 aliphatic carbocycles. The summed E-state index contributed by atoms with van der Waals surface area (Å²) in [4.78, 5) is 0.121. The first-order chi connectivity index (χ1) is 10.0. The molecule has 1 saturated heterocycles. The fourth-order valence-electron chi connectivity index (χ4n) is 3.26. The average Bonchev–Trinajstić information content (AvgIpc) is 2.88. The first kappa shape index (κ1) is 14.8. The number of nitrogens with zero attached hydrogens (tertiary/aromatic N) is 3. The molecule has 2 N–H and O–H groups in total. The Morgan fingerprint density at radius 3 is 2.90 bits per heavy atom. The summed E-state index contributed by atoms with van der Waals surface area (Å²) in [7, 11) is -3.61. The molecule has 0 amide bonds. The summed E-state index contributed by atoms with van der Waals surface area (Å²) in [6.07, 6.45) is 5.47. The molecular formula is C13H22N4O3S. The van der Waals surface area contributed by atoms with Gasteiger partial charge in [-0.25, -0.2) is 8.42 Å². The van der Waals surface area contributed by atoms with E-state index in [-0.39, 0.29) is 22.9 Å². The van der Waals surface area contributed by atoms with Gasteiger partial charge in [0, 0.05) is 19.3 Å². The van der Waals surface area contributed by atoms with E-state index >= 15 is 0 Å². The minimum absolute atomic E-state index is 0.0183. The Morgan fingerprint density at radius 1 is 1.43 bits per heavy atom. The highest BCUT2D eigenvalue weighted by molar-refractivity contribution is 7.89. The Kier molecular flexibility index (Phi) is 3.94. The molecule has 1 aromatic heterocycles. The van der Waals surface area contributed by atoms with Crippen LogP contribution >= 0.6 is 0 Å². The van der Waals surface area contributed by atoms with Gasteiger partial charge in [-0.05, 0) is 19.8 Å². The van der Waals surface area contributed by atoms with E-state index in [0.717, 1.165) is 25.7 Å². The van der Waals surface area contributed by atoms with Gasteiger partial charge in [0.25, 0.3) is 0 Å². The smallest absolute Gasteiger partial charge is 0.248 e. The van der Waals surface area contributed by atoms with Gasteiger partial charge >= 0.3 is 0 Å². The molecule has 0 bridgehead atoms. The lowest BCUT2D eigenvalue weighted by molar-refractivity contribution is -0.0586. The van der Waals surface area contributed by atoms with Crippen LogP contribution in [0.25, 0.3) is 0 Å². The number of hydrogen-bond acceptors (Lipinski definition) is 5. The third-order valence-corrected chi connectivity index (χ3v) is 6.29. The molecular weight excluding hydrogens is 292 g/mol. The summed E-state index contributed by atoms with van der Waals surface area (Å²) in [6.45, 7) is 3.33. The van der Waals surface area contributed by atoms with Crippen molar-refractivity contribution in [1.82, 2.24) is 14.1 Å². The Balaban J connectivity index is 1.94. The molecule has 2 aliphatic rings. The van der Waals surface area contributed by atoms with Gasteiger partial charge in [0.15, 0.2) is 5.82 Å². The second-order valence-electron chi connectivity index (χ2n) is 5.61. The predicted molar refractivity (Wildman–Crippen MR) is 78.2 cm³/mol. The molecule has 7 nitrogen and oxygen atoms in total. The van der Waals surface area contributed by atoms with Crippen LogP contribution in [0.1, 0.15) is 32.6 Å². The highest BCUT2D eigenvalue weighted by atomic mass is 32.2. The van der Waals surface area contributed by atoms with Crippen LogP contribution in [0, 0.1) is 0 Å². The van der Waals surface area contributed by atoms with Crippen molar-refractivity contribution >= 4 is 15.8 Å². The van der Waals surface area contributed by atoms with Crippen molar-refractivity contribution in [3.8, 4) is 0 Å². The van der Waals surface area contributed by atoms with Crippen molar-refractivity contribution in [1.29, 1.82) is 0 Å². The zero-order valence-corrected chi connectivity index (χ0v) is 13.1. The number of rotatable bonds is 3. The molecule has 8 heteroatoms. The largest absolute Gasteiger partial charge is 0.381 e. The number of ether oxygens (including phenoxy) is 1. The standard InChI is InChI=1S/C13H22N4O3S/c1-2-16-9-12(13(14)15-16)21(18,19)17-7-8-20-11-6-4-3-5-10(11)17/h9-11H,2-8H2,1H3,(H2,14,15). The van der Waals surface area contributed by atoms with E-state index in [0.29, 0.717) is 19.7 Å². The average molecular weight is 314 g/mol. The number of fused-ring (bicyclic) bond motifs is 1. The maximum atomic E-state index is 12.9. The summed E-state index contributed by atoms with van der Waals surface area (Å²) < 4.78 is 34.7. The third-order valence-electron chi connectivity index (χ3n) is 4.35. The molecule has 0 radical (unpaired) electrons. The van der Waals surface area contributed by atoms with Gasteiger partial charge in [-0.15, -0.1) is 0 Å². The van der Waals surface area contributed by atoms with Crippen LogP contribution in [0.5, 0.6) is 0 Å². The molecule has 1 aliphatic heterocycles. The Bertz CT molecular complexity index is 611. The van der Waals surface area contributed by atoms with Gasteiger partial charge in [0.2, 0.25) is 10.0 Å². The maximum Gasteiger partial charge on any atom is 0.248 e. The molecule has 2 heterocycles. The first-order valence-electron chi connectivity index (χ1n) is 7.50. The number of anilines is 1. The monoisotopic (exact) mass is 314 g/mol. The molecule has 2 fully saturated rings. The van der Waals surface area contributed by atoms with Crippen LogP contribution < -0.4 is 5.73 Å². The number of aryl methyl sites for hydroxylation is 1. The van der Waals surface area contributed by atoms with Crippen molar-refractivity contribution in [3.63, 3.8) is 0 Å². The van der Waals surface area contributed by atoms with Crippen molar-refractivity contribution in [3.05, 3.63) is 6.20 Å².